The number of carbonyl (C=O) groups is 1. The number of anilines is 1. The summed E-state index contributed by atoms with van der Waals surface area (Å²) in [6, 6.07) is 16.4. The minimum atomic E-state index is -1.22. The van der Waals surface area contributed by atoms with Gasteiger partial charge in [-0.1, -0.05) is 54.1 Å². The zero-order valence-electron chi connectivity index (χ0n) is 17.6. The van der Waals surface area contributed by atoms with E-state index in [2.05, 4.69) is 50.3 Å². The lowest BCUT2D eigenvalue weighted by Gasteiger charge is -2.08. The van der Waals surface area contributed by atoms with Crippen molar-refractivity contribution in [3.8, 4) is 22.5 Å². The number of aromatic amines is 1. The molecule has 9 nitrogen and oxygen atoms in total. The topological polar surface area (TPSA) is 157 Å². The Morgan fingerprint density at radius 3 is 2.53 bits per heavy atom. The number of nitrogens with one attached hydrogen (secondary N) is 1. The highest BCUT2D eigenvalue weighted by Crippen LogP contribution is 2.46. The van der Waals surface area contributed by atoms with Crippen molar-refractivity contribution in [1.29, 1.82) is 0 Å². The van der Waals surface area contributed by atoms with Crippen molar-refractivity contribution in [3.05, 3.63) is 89.0 Å². The van der Waals surface area contributed by atoms with Gasteiger partial charge in [0.05, 0.1) is 34.5 Å². The molecule has 0 amide bonds. The normalized spacial score (nSPS) is 13.6. The number of H-pyrrole nitrogens is 1. The van der Waals surface area contributed by atoms with E-state index in [-0.39, 0.29) is 22.7 Å². The van der Waals surface area contributed by atoms with Gasteiger partial charge >= 0.3 is 5.97 Å². The predicted octanol–water partition coefficient (Wildman–Crippen LogP) is 4.06. The van der Waals surface area contributed by atoms with Crippen LogP contribution in [0.25, 0.3) is 33.5 Å². The molecule has 6 rings (SSSR count). The number of nitrogens with zero attached hydrogens (tertiary/aromatic N) is 4. The van der Waals surface area contributed by atoms with Crippen LogP contribution in [0.2, 0.25) is 5.02 Å². The number of benzene rings is 2. The van der Waals surface area contributed by atoms with Crippen LogP contribution < -0.4 is 11.5 Å². The highest BCUT2D eigenvalue weighted by Gasteiger charge is 2.28. The van der Waals surface area contributed by atoms with Gasteiger partial charge in [-0.05, 0) is 28.3 Å². The summed E-state index contributed by atoms with van der Waals surface area (Å²) in [5.74, 6) is -0.468. The number of aromatic carboxylic acids is 1. The summed E-state index contributed by atoms with van der Waals surface area (Å²) >= 11 is 5.43. The summed E-state index contributed by atoms with van der Waals surface area (Å²) in [7, 11) is 0. The number of hydrogen-bond donors (Lipinski definition) is 4. The van der Waals surface area contributed by atoms with Gasteiger partial charge in [-0.15, -0.1) is 0 Å². The molecule has 0 saturated heterocycles. The summed E-state index contributed by atoms with van der Waals surface area (Å²) in [5, 5.41) is 8.44. The molecule has 3 heterocycles. The van der Waals surface area contributed by atoms with Crippen LogP contribution in [0.1, 0.15) is 27.7 Å². The van der Waals surface area contributed by atoms with Crippen LogP contribution >= 0.6 is 11.6 Å². The number of rotatable bonds is 2. The Labute approximate surface area is 198 Å². The van der Waals surface area contributed by atoms with Crippen LogP contribution in [0.5, 0.6) is 0 Å². The van der Waals surface area contributed by atoms with Gasteiger partial charge in [0.15, 0.2) is 5.69 Å². The Morgan fingerprint density at radius 1 is 1.00 bits per heavy atom. The minimum absolute atomic E-state index is 0.0216. The second kappa shape index (κ2) is 8.54. The average molecular weight is 472 g/mol. The van der Waals surface area contributed by atoms with Crippen LogP contribution in [0.4, 0.5) is 5.95 Å². The molecule has 0 fully saturated rings. The van der Waals surface area contributed by atoms with Gasteiger partial charge in [0.1, 0.15) is 5.82 Å². The molecule has 1 atom stereocenters. The van der Waals surface area contributed by atoms with E-state index in [4.69, 9.17) is 33.2 Å². The van der Waals surface area contributed by atoms with Crippen LogP contribution in [-0.4, -0.2) is 36.0 Å². The largest absolute Gasteiger partial charge is 0.476 e. The first-order chi connectivity index (χ1) is 16.4. The fourth-order valence-electron chi connectivity index (χ4n) is 4.01. The van der Waals surface area contributed by atoms with Crippen LogP contribution in [0, 0.1) is 0 Å². The number of pyridine rings is 1. The van der Waals surface area contributed by atoms with E-state index in [1.807, 2.05) is 18.2 Å². The lowest BCUT2D eigenvalue weighted by Crippen LogP contribution is -2.07. The molecule has 2 aromatic carbocycles. The molecule has 10 heteroatoms. The number of hydrogen-bond acceptors (Lipinski definition) is 7. The van der Waals surface area contributed by atoms with Gasteiger partial charge in [-0.3, -0.25) is 4.98 Å². The number of halogens is 1. The van der Waals surface area contributed by atoms with Gasteiger partial charge < -0.3 is 21.6 Å². The molecule has 1 unspecified atom stereocenters. The van der Waals surface area contributed by atoms with Gasteiger partial charge in [-0.25, -0.2) is 19.7 Å². The fourth-order valence-corrected chi connectivity index (χ4v) is 4.18. The van der Waals surface area contributed by atoms with Crippen molar-refractivity contribution in [3.63, 3.8) is 0 Å². The quantitative estimate of drug-likeness (QED) is 0.300. The van der Waals surface area contributed by atoms with Crippen LogP contribution in [0.3, 0.4) is 0 Å². The maximum atomic E-state index is 10.3. The molecule has 0 radical (unpaired) electrons. The summed E-state index contributed by atoms with van der Waals surface area (Å²) < 4.78 is 0. The smallest absolute Gasteiger partial charge is 0.356 e. The highest BCUT2D eigenvalue weighted by atomic mass is 35.5. The molecular formula is C24H18ClN7O2. The monoisotopic (exact) mass is 471 g/mol. The molecule has 6 N–H and O–H groups in total. The SMILES string of the molecule is NC1c2ccccc2-c2c(-c3nc4ccncc4[nH]3)cccc21.Nc1ncc(Cl)c(C(=O)O)n1. The van der Waals surface area contributed by atoms with Crippen molar-refractivity contribution in [2.45, 2.75) is 6.04 Å². The average Bonchev–Trinajstić information content (AvgIpc) is 3.41. The van der Waals surface area contributed by atoms with Gasteiger partial charge in [0.2, 0.25) is 5.95 Å². The summed E-state index contributed by atoms with van der Waals surface area (Å²) in [5.41, 5.74) is 18.9. The van der Waals surface area contributed by atoms with E-state index < -0.39 is 5.97 Å². The van der Waals surface area contributed by atoms with E-state index in [0.717, 1.165) is 34.2 Å². The van der Waals surface area contributed by atoms with Crippen molar-refractivity contribution < 1.29 is 9.90 Å². The van der Waals surface area contributed by atoms with Gasteiger partial charge in [-0.2, -0.15) is 0 Å². The van der Waals surface area contributed by atoms with Crippen molar-refractivity contribution in [2.24, 2.45) is 5.73 Å². The Hall–Kier alpha value is -4.34. The van der Waals surface area contributed by atoms with Gasteiger partial charge in [0, 0.05) is 11.8 Å². The predicted molar refractivity (Wildman–Crippen MR) is 129 cm³/mol. The molecule has 1 aliphatic rings. The van der Waals surface area contributed by atoms with E-state index in [0.29, 0.717) is 0 Å². The molecule has 5 aromatic rings. The summed E-state index contributed by atoms with van der Waals surface area (Å²) in [6.07, 6.45) is 4.70. The number of aromatic nitrogens is 5. The zero-order chi connectivity index (χ0) is 23.8. The standard InChI is InChI=1S/C19H14N4.C5H4ClN3O2/c20-18-12-5-2-1-4-11(12)17-13(18)6-3-7-14(17)19-22-15-8-9-21-10-16(15)23-19;6-2-1-8-5(7)9-3(2)4(10)11/h1-10,18H,20H2,(H,22,23);1H,(H,10,11)(H2,7,8,9). The first kappa shape index (κ1) is 21.5. The second-order valence-electron chi connectivity index (χ2n) is 7.54. The first-order valence-electron chi connectivity index (χ1n) is 10.2. The van der Waals surface area contributed by atoms with Crippen LogP contribution in [-0.2, 0) is 0 Å². The number of fused-ring (bicyclic) bond motifs is 4. The van der Waals surface area contributed by atoms with Crippen molar-refractivity contribution in [2.75, 3.05) is 5.73 Å². The van der Waals surface area contributed by atoms with Crippen molar-refractivity contribution >= 4 is 34.6 Å². The number of nitrogen functional groups attached to an aromatic ring is 1. The fraction of sp³-hybridized carbons (Fsp3) is 0.0417. The molecule has 0 bridgehead atoms. The number of carboxylic acids is 1. The molecule has 168 valence electrons. The van der Waals surface area contributed by atoms with Crippen LogP contribution in [0.15, 0.2) is 67.1 Å². The van der Waals surface area contributed by atoms with E-state index >= 15 is 0 Å². The third-order valence-electron chi connectivity index (χ3n) is 5.50. The number of nitrogens with two attached hydrogens (primary N) is 2. The number of carboxylic acid groups (broad SMARTS) is 1. The number of imidazole rings is 1. The lowest BCUT2D eigenvalue weighted by atomic mass is 9.99. The highest BCUT2D eigenvalue weighted by molar-refractivity contribution is 6.33. The molecular weight excluding hydrogens is 454 g/mol. The maximum Gasteiger partial charge on any atom is 0.356 e. The third kappa shape index (κ3) is 3.72. The molecule has 0 saturated carbocycles. The van der Waals surface area contributed by atoms with Gasteiger partial charge in [0.25, 0.3) is 0 Å². The molecule has 3 aromatic heterocycles. The molecule has 0 spiro atoms. The minimum Gasteiger partial charge on any atom is -0.476 e. The lowest BCUT2D eigenvalue weighted by molar-refractivity contribution is 0.0690. The molecule has 34 heavy (non-hydrogen) atoms. The Balaban J connectivity index is 0.000000186. The van der Waals surface area contributed by atoms with E-state index in [1.54, 1.807) is 12.4 Å². The maximum absolute atomic E-state index is 10.3. The first-order valence-corrected chi connectivity index (χ1v) is 10.6. The summed E-state index contributed by atoms with van der Waals surface area (Å²) in [4.78, 5) is 29.5. The second-order valence-corrected chi connectivity index (χ2v) is 7.95. The van der Waals surface area contributed by atoms with E-state index in [9.17, 15) is 4.79 Å². The third-order valence-corrected chi connectivity index (χ3v) is 5.78. The Kier molecular flexibility index (Phi) is 5.40. The summed E-state index contributed by atoms with van der Waals surface area (Å²) in [6.45, 7) is 0. The Bertz CT molecular complexity index is 1520. The van der Waals surface area contributed by atoms with E-state index in [1.165, 1.54) is 16.7 Å². The zero-order valence-corrected chi connectivity index (χ0v) is 18.4. The molecule has 0 aliphatic heterocycles. The Morgan fingerprint density at radius 2 is 1.76 bits per heavy atom. The molecule has 1 aliphatic carbocycles. The van der Waals surface area contributed by atoms with Crippen molar-refractivity contribution in [1.82, 2.24) is 24.9 Å².